The molecule has 0 aromatic carbocycles. The van der Waals surface area contributed by atoms with Crippen LogP contribution >= 0.6 is 0 Å². The molecular weight excluding hydrogens is 224 g/mol. The van der Waals surface area contributed by atoms with E-state index in [2.05, 4.69) is 12.2 Å². The van der Waals surface area contributed by atoms with Gasteiger partial charge in [-0.3, -0.25) is 14.3 Å². The van der Waals surface area contributed by atoms with E-state index in [0.717, 1.165) is 32.2 Å². The van der Waals surface area contributed by atoms with Gasteiger partial charge in [-0.25, -0.2) is 0 Å². The number of carbonyl (C=O) groups is 1. The molecule has 92 valence electrons. The molecule has 0 radical (unpaired) electrons. The Hall–Kier alpha value is -0.420. The maximum absolute atomic E-state index is 12.1. The number of amides is 1. The Morgan fingerprint density at radius 2 is 2.25 bits per heavy atom. The van der Waals surface area contributed by atoms with Gasteiger partial charge in [0, 0.05) is 29.4 Å². The summed E-state index contributed by atoms with van der Waals surface area (Å²) >= 11 is 0. The van der Waals surface area contributed by atoms with Gasteiger partial charge in [0.1, 0.15) is 0 Å². The van der Waals surface area contributed by atoms with Crippen molar-refractivity contribution in [1.82, 2.24) is 10.2 Å². The number of hydrogen-bond acceptors (Lipinski definition) is 3. The van der Waals surface area contributed by atoms with Crippen LogP contribution in [0.1, 0.15) is 32.6 Å². The summed E-state index contributed by atoms with van der Waals surface area (Å²) in [6.07, 6.45) is 5.66. The normalized spacial score (nSPS) is 28.8. The lowest BCUT2D eigenvalue weighted by atomic mass is 10.2. The van der Waals surface area contributed by atoms with Crippen LogP contribution in [0.25, 0.3) is 0 Å². The van der Waals surface area contributed by atoms with E-state index in [-0.39, 0.29) is 17.6 Å². The molecule has 1 aliphatic carbocycles. The van der Waals surface area contributed by atoms with Gasteiger partial charge in [-0.05, 0) is 25.7 Å². The monoisotopic (exact) mass is 244 g/mol. The SMILES string of the molecule is CCC1NC2(CC2)C(=O)N1CCCS(C)=O. The fourth-order valence-electron chi connectivity index (χ4n) is 2.38. The van der Waals surface area contributed by atoms with E-state index in [9.17, 15) is 9.00 Å². The zero-order valence-corrected chi connectivity index (χ0v) is 10.8. The van der Waals surface area contributed by atoms with Gasteiger partial charge < -0.3 is 4.90 Å². The summed E-state index contributed by atoms with van der Waals surface area (Å²) in [5.41, 5.74) is -0.202. The summed E-state index contributed by atoms with van der Waals surface area (Å²) in [7, 11) is -0.752. The molecule has 5 heteroatoms. The van der Waals surface area contributed by atoms with Crippen molar-refractivity contribution in [3.8, 4) is 0 Å². The minimum absolute atomic E-state index is 0.195. The molecule has 1 aliphatic heterocycles. The number of hydrogen-bond donors (Lipinski definition) is 1. The first-order valence-electron chi connectivity index (χ1n) is 5.98. The molecule has 2 fully saturated rings. The number of nitrogens with one attached hydrogen (secondary N) is 1. The van der Waals surface area contributed by atoms with E-state index < -0.39 is 10.8 Å². The summed E-state index contributed by atoms with van der Waals surface area (Å²) in [6.45, 7) is 2.84. The highest BCUT2D eigenvalue weighted by atomic mass is 32.2. The zero-order valence-electron chi connectivity index (χ0n) is 9.99. The van der Waals surface area contributed by atoms with Crippen molar-refractivity contribution in [3.63, 3.8) is 0 Å². The van der Waals surface area contributed by atoms with E-state index in [1.807, 2.05) is 4.90 Å². The highest BCUT2D eigenvalue weighted by Gasteiger charge is 2.58. The lowest BCUT2D eigenvalue weighted by Gasteiger charge is -2.22. The smallest absolute Gasteiger partial charge is 0.244 e. The Bertz CT molecular complexity index is 315. The lowest BCUT2D eigenvalue weighted by molar-refractivity contribution is -0.130. The summed E-state index contributed by atoms with van der Waals surface area (Å²) in [5.74, 6) is 0.953. The molecule has 1 saturated carbocycles. The molecule has 0 aromatic rings. The molecule has 2 unspecified atom stereocenters. The second kappa shape index (κ2) is 4.45. The van der Waals surface area contributed by atoms with E-state index in [1.165, 1.54) is 0 Å². The number of carbonyl (C=O) groups excluding carboxylic acids is 1. The standard InChI is InChI=1S/C11H20N2O2S/c1-3-9-12-11(5-6-11)10(14)13(9)7-4-8-16(2)15/h9,12H,3-8H2,1-2H3. The molecule has 16 heavy (non-hydrogen) atoms. The molecular formula is C11H20N2O2S. The summed E-state index contributed by atoms with van der Waals surface area (Å²) in [6, 6.07) is 0. The van der Waals surface area contributed by atoms with Gasteiger partial charge in [-0.15, -0.1) is 0 Å². The topological polar surface area (TPSA) is 49.4 Å². The lowest BCUT2D eigenvalue weighted by Crippen LogP contribution is -2.37. The number of nitrogens with zero attached hydrogens (tertiary/aromatic N) is 1. The molecule has 2 rings (SSSR count). The van der Waals surface area contributed by atoms with Crippen LogP contribution in [-0.4, -0.2) is 45.3 Å². The number of rotatable bonds is 5. The molecule has 1 amide bonds. The first kappa shape index (κ1) is 12.0. The summed E-state index contributed by atoms with van der Waals surface area (Å²) in [5, 5.41) is 3.43. The first-order valence-corrected chi connectivity index (χ1v) is 7.70. The molecule has 1 N–H and O–H groups in total. The van der Waals surface area contributed by atoms with Crippen LogP contribution in [-0.2, 0) is 15.6 Å². The third kappa shape index (κ3) is 2.15. The molecule has 0 bridgehead atoms. The molecule has 1 spiro atoms. The van der Waals surface area contributed by atoms with Gasteiger partial charge >= 0.3 is 0 Å². The Morgan fingerprint density at radius 3 is 2.75 bits per heavy atom. The van der Waals surface area contributed by atoms with Crippen molar-refractivity contribution in [2.45, 2.75) is 44.3 Å². The Morgan fingerprint density at radius 1 is 1.56 bits per heavy atom. The molecule has 0 aromatic heterocycles. The molecule has 2 atom stereocenters. The first-order chi connectivity index (χ1) is 7.59. The zero-order chi connectivity index (χ0) is 11.8. The second-order valence-corrected chi connectivity index (χ2v) is 6.33. The maximum atomic E-state index is 12.1. The average molecular weight is 244 g/mol. The molecule has 1 heterocycles. The van der Waals surface area contributed by atoms with Crippen LogP contribution in [0.5, 0.6) is 0 Å². The maximum Gasteiger partial charge on any atom is 0.244 e. The van der Waals surface area contributed by atoms with Gasteiger partial charge in [0.05, 0.1) is 11.7 Å². The van der Waals surface area contributed by atoms with E-state index in [1.54, 1.807) is 6.26 Å². The van der Waals surface area contributed by atoms with Crippen LogP contribution in [0, 0.1) is 0 Å². The quantitative estimate of drug-likeness (QED) is 0.764. The highest BCUT2D eigenvalue weighted by molar-refractivity contribution is 7.84. The third-order valence-electron chi connectivity index (χ3n) is 3.46. The van der Waals surface area contributed by atoms with Crippen LogP contribution in [0.4, 0.5) is 0 Å². The average Bonchev–Trinajstić information content (AvgIpc) is 2.96. The Balaban J connectivity index is 1.91. The van der Waals surface area contributed by atoms with Crippen LogP contribution < -0.4 is 5.32 Å². The van der Waals surface area contributed by atoms with Crippen molar-refractivity contribution >= 4 is 16.7 Å². The van der Waals surface area contributed by atoms with Gasteiger partial charge in [0.15, 0.2) is 0 Å². The fourth-order valence-corrected chi connectivity index (χ4v) is 2.91. The van der Waals surface area contributed by atoms with Crippen LogP contribution in [0.15, 0.2) is 0 Å². The Kier molecular flexibility index (Phi) is 3.35. The summed E-state index contributed by atoms with van der Waals surface area (Å²) in [4.78, 5) is 14.1. The van der Waals surface area contributed by atoms with Crippen molar-refractivity contribution < 1.29 is 9.00 Å². The van der Waals surface area contributed by atoms with Crippen LogP contribution in [0.3, 0.4) is 0 Å². The van der Waals surface area contributed by atoms with Gasteiger partial charge in [-0.2, -0.15) is 0 Å². The highest BCUT2D eigenvalue weighted by Crippen LogP contribution is 2.42. The summed E-state index contributed by atoms with van der Waals surface area (Å²) < 4.78 is 11.0. The van der Waals surface area contributed by atoms with E-state index >= 15 is 0 Å². The molecule has 4 nitrogen and oxygen atoms in total. The van der Waals surface area contributed by atoms with Crippen molar-refractivity contribution in [3.05, 3.63) is 0 Å². The predicted molar refractivity (Wildman–Crippen MR) is 64.4 cm³/mol. The Labute approximate surface area is 99.2 Å². The largest absolute Gasteiger partial charge is 0.326 e. The minimum Gasteiger partial charge on any atom is -0.326 e. The second-order valence-electron chi connectivity index (χ2n) is 4.78. The third-order valence-corrected chi connectivity index (χ3v) is 4.32. The van der Waals surface area contributed by atoms with Crippen LogP contribution in [0.2, 0.25) is 0 Å². The van der Waals surface area contributed by atoms with Gasteiger partial charge in [0.25, 0.3) is 0 Å². The van der Waals surface area contributed by atoms with E-state index in [4.69, 9.17) is 0 Å². The van der Waals surface area contributed by atoms with Crippen molar-refractivity contribution in [2.24, 2.45) is 0 Å². The van der Waals surface area contributed by atoms with Crippen molar-refractivity contribution in [2.75, 3.05) is 18.6 Å². The minimum atomic E-state index is -0.752. The molecule has 1 saturated heterocycles. The van der Waals surface area contributed by atoms with Crippen molar-refractivity contribution in [1.29, 1.82) is 0 Å². The van der Waals surface area contributed by atoms with Gasteiger partial charge in [0.2, 0.25) is 5.91 Å². The fraction of sp³-hybridized carbons (Fsp3) is 0.909. The van der Waals surface area contributed by atoms with Gasteiger partial charge in [-0.1, -0.05) is 6.92 Å². The van der Waals surface area contributed by atoms with E-state index in [0.29, 0.717) is 5.75 Å². The molecule has 2 aliphatic rings. The predicted octanol–water partition coefficient (Wildman–Crippen LogP) is 0.455.